The van der Waals surface area contributed by atoms with E-state index in [4.69, 9.17) is 16.3 Å². The van der Waals surface area contributed by atoms with E-state index >= 15 is 0 Å². The minimum atomic E-state index is -0.0700. The Kier molecular flexibility index (Phi) is 4.97. The maximum Gasteiger partial charge on any atom is 0.274 e. The number of amides is 1. The Labute approximate surface area is 163 Å². The van der Waals surface area contributed by atoms with Crippen molar-refractivity contribution in [2.75, 3.05) is 26.3 Å². The van der Waals surface area contributed by atoms with E-state index in [-0.39, 0.29) is 5.91 Å². The molecule has 2 heterocycles. The highest BCUT2D eigenvalue weighted by Gasteiger charge is 2.23. The standard InChI is InChI=1S/C21H20ClN3O2/c1-15-2-8-18(9-3-15)25-20(16-4-6-17(22)7-5-16)14-19(23-25)21(26)24-10-12-27-13-11-24/h2-9,14H,10-13H2,1H3. The lowest BCUT2D eigenvalue weighted by Gasteiger charge is -2.25. The smallest absolute Gasteiger partial charge is 0.274 e. The largest absolute Gasteiger partial charge is 0.378 e. The van der Waals surface area contributed by atoms with Gasteiger partial charge >= 0.3 is 0 Å². The van der Waals surface area contributed by atoms with Gasteiger partial charge < -0.3 is 9.64 Å². The number of hydrogen-bond acceptors (Lipinski definition) is 3. The van der Waals surface area contributed by atoms with Gasteiger partial charge in [-0.15, -0.1) is 0 Å². The van der Waals surface area contributed by atoms with Gasteiger partial charge in [0.1, 0.15) is 0 Å². The molecule has 0 N–H and O–H groups in total. The third-order valence-corrected chi connectivity index (χ3v) is 4.90. The number of carbonyl (C=O) groups is 1. The van der Waals surface area contributed by atoms with Gasteiger partial charge in [0.2, 0.25) is 0 Å². The molecule has 27 heavy (non-hydrogen) atoms. The van der Waals surface area contributed by atoms with Crippen LogP contribution >= 0.6 is 11.6 Å². The summed E-state index contributed by atoms with van der Waals surface area (Å²) in [6, 6.07) is 17.5. The number of aromatic nitrogens is 2. The molecule has 0 unspecified atom stereocenters. The Balaban J connectivity index is 1.77. The Hall–Kier alpha value is -2.63. The number of halogens is 1. The molecule has 0 bridgehead atoms. The van der Waals surface area contributed by atoms with Crippen molar-refractivity contribution >= 4 is 17.5 Å². The van der Waals surface area contributed by atoms with E-state index in [2.05, 4.69) is 5.10 Å². The van der Waals surface area contributed by atoms with Crippen molar-refractivity contribution in [2.24, 2.45) is 0 Å². The molecular weight excluding hydrogens is 362 g/mol. The van der Waals surface area contributed by atoms with Crippen LogP contribution in [0, 0.1) is 6.92 Å². The summed E-state index contributed by atoms with van der Waals surface area (Å²) >= 11 is 6.04. The van der Waals surface area contributed by atoms with Gasteiger partial charge in [-0.1, -0.05) is 41.4 Å². The van der Waals surface area contributed by atoms with Crippen molar-refractivity contribution in [3.05, 3.63) is 70.9 Å². The SMILES string of the molecule is Cc1ccc(-n2nc(C(=O)N3CCOCC3)cc2-c2ccc(Cl)cc2)cc1. The minimum Gasteiger partial charge on any atom is -0.378 e. The van der Waals surface area contributed by atoms with E-state index in [0.29, 0.717) is 37.0 Å². The number of carbonyl (C=O) groups excluding carboxylic acids is 1. The summed E-state index contributed by atoms with van der Waals surface area (Å²) in [5, 5.41) is 5.31. The van der Waals surface area contributed by atoms with E-state index in [9.17, 15) is 4.79 Å². The van der Waals surface area contributed by atoms with Gasteiger partial charge in [0.25, 0.3) is 5.91 Å². The van der Waals surface area contributed by atoms with Crippen LogP contribution < -0.4 is 0 Å². The lowest BCUT2D eigenvalue weighted by Crippen LogP contribution is -2.40. The second-order valence-corrected chi connectivity index (χ2v) is 7.01. The summed E-state index contributed by atoms with van der Waals surface area (Å²) in [5.41, 5.74) is 4.32. The molecule has 6 heteroatoms. The summed E-state index contributed by atoms with van der Waals surface area (Å²) < 4.78 is 7.16. The third-order valence-electron chi connectivity index (χ3n) is 4.65. The molecule has 2 aromatic carbocycles. The summed E-state index contributed by atoms with van der Waals surface area (Å²) in [6.07, 6.45) is 0. The van der Waals surface area contributed by atoms with Crippen LogP contribution in [0.5, 0.6) is 0 Å². The van der Waals surface area contributed by atoms with Crippen LogP contribution in [0.25, 0.3) is 16.9 Å². The summed E-state index contributed by atoms with van der Waals surface area (Å²) in [5.74, 6) is -0.0700. The van der Waals surface area contributed by atoms with E-state index in [1.165, 1.54) is 5.56 Å². The fraction of sp³-hybridized carbons (Fsp3) is 0.238. The summed E-state index contributed by atoms with van der Waals surface area (Å²) in [7, 11) is 0. The molecule has 1 aromatic heterocycles. The molecule has 3 aromatic rings. The first-order valence-corrected chi connectivity index (χ1v) is 9.30. The minimum absolute atomic E-state index is 0.0700. The van der Waals surface area contributed by atoms with Crippen LogP contribution in [0.15, 0.2) is 54.6 Å². The lowest BCUT2D eigenvalue weighted by molar-refractivity contribution is 0.0298. The van der Waals surface area contributed by atoms with Crippen LogP contribution in [0.1, 0.15) is 16.1 Å². The third kappa shape index (κ3) is 3.75. The zero-order chi connectivity index (χ0) is 18.8. The second kappa shape index (κ2) is 7.55. The number of aryl methyl sites for hydroxylation is 1. The van der Waals surface area contributed by atoms with Crippen LogP contribution in [-0.2, 0) is 4.74 Å². The molecule has 1 amide bonds. The fourth-order valence-corrected chi connectivity index (χ4v) is 3.25. The first-order valence-electron chi connectivity index (χ1n) is 8.92. The highest BCUT2D eigenvalue weighted by atomic mass is 35.5. The summed E-state index contributed by atoms with van der Waals surface area (Å²) in [4.78, 5) is 14.7. The molecule has 1 aliphatic heterocycles. The van der Waals surface area contributed by atoms with Gasteiger partial charge in [-0.25, -0.2) is 4.68 Å². The first kappa shape index (κ1) is 17.8. The van der Waals surface area contributed by atoms with Crippen LogP contribution in [0.2, 0.25) is 5.02 Å². The Morgan fingerprint density at radius 1 is 1.04 bits per heavy atom. The molecule has 0 aliphatic carbocycles. The highest BCUT2D eigenvalue weighted by Crippen LogP contribution is 2.26. The molecule has 0 radical (unpaired) electrons. The number of ether oxygens (including phenoxy) is 1. The van der Waals surface area contributed by atoms with Crippen molar-refractivity contribution in [2.45, 2.75) is 6.92 Å². The fourth-order valence-electron chi connectivity index (χ4n) is 3.12. The second-order valence-electron chi connectivity index (χ2n) is 6.57. The summed E-state index contributed by atoms with van der Waals surface area (Å²) in [6.45, 7) is 4.35. The van der Waals surface area contributed by atoms with Crippen LogP contribution in [-0.4, -0.2) is 46.9 Å². The number of rotatable bonds is 3. The van der Waals surface area contributed by atoms with Gasteiger partial charge in [0, 0.05) is 23.7 Å². The topological polar surface area (TPSA) is 47.4 Å². The number of benzene rings is 2. The molecule has 0 atom stereocenters. The zero-order valence-corrected chi connectivity index (χ0v) is 15.8. The average molecular weight is 382 g/mol. The maximum atomic E-state index is 12.9. The van der Waals surface area contributed by atoms with Gasteiger partial charge in [0.05, 0.1) is 24.6 Å². The van der Waals surface area contributed by atoms with Gasteiger partial charge in [-0.3, -0.25) is 4.79 Å². The first-order chi connectivity index (χ1) is 13.1. The molecule has 0 saturated carbocycles. The maximum absolute atomic E-state index is 12.9. The number of hydrogen-bond donors (Lipinski definition) is 0. The van der Waals surface area contributed by atoms with Crippen LogP contribution in [0.4, 0.5) is 0 Å². The predicted molar refractivity (Wildman–Crippen MR) is 105 cm³/mol. The van der Waals surface area contributed by atoms with Crippen molar-refractivity contribution < 1.29 is 9.53 Å². The molecule has 1 aliphatic rings. The molecule has 1 fully saturated rings. The van der Waals surface area contributed by atoms with Gasteiger partial charge in [-0.2, -0.15) is 5.10 Å². The predicted octanol–water partition coefficient (Wildman–Crippen LogP) is 3.97. The van der Waals surface area contributed by atoms with Crippen molar-refractivity contribution in [1.82, 2.24) is 14.7 Å². The van der Waals surface area contributed by atoms with E-state index in [1.807, 2.05) is 66.2 Å². The molecule has 4 rings (SSSR count). The Morgan fingerprint density at radius 2 is 1.70 bits per heavy atom. The molecule has 138 valence electrons. The van der Waals surface area contributed by atoms with Gasteiger partial charge in [0.15, 0.2) is 5.69 Å². The zero-order valence-electron chi connectivity index (χ0n) is 15.1. The number of nitrogens with zero attached hydrogens (tertiary/aromatic N) is 3. The molecule has 1 saturated heterocycles. The van der Waals surface area contributed by atoms with Crippen LogP contribution in [0.3, 0.4) is 0 Å². The Morgan fingerprint density at radius 3 is 2.37 bits per heavy atom. The monoisotopic (exact) mass is 381 g/mol. The van der Waals surface area contributed by atoms with Crippen molar-refractivity contribution in [1.29, 1.82) is 0 Å². The van der Waals surface area contributed by atoms with Gasteiger partial charge in [-0.05, 0) is 37.3 Å². The van der Waals surface area contributed by atoms with Crippen molar-refractivity contribution in [3.8, 4) is 16.9 Å². The Bertz CT molecular complexity index is 880. The molecule has 5 nitrogen and oxygen atoms in total. The molecular formula is C21H20ClN3O2. The van der Waals surface area contributed by atoms with E-state index < -0.39 is 0 Å². The quantitative estimate of drug-likeness (QED) is 0.689. The number of morpholine rings is 1. The van der Waals surface area contributed by atoms with E-state index in [1.54, 1.807) is 4.90 Å². The highest BCUT2D eigenvalue weighted by molar-refractivity contribution is 6.30. The normalized spacial score (nSPS) is 14.4. The van der Waals surface area contributed by atoms with E-state index in [0.717, 1.165) is 16.9 Å². The lowest BCUT2D eigenvalue weighted by atomic mass is 10.1. The van der Waals surface area contributed by atoms with Crippen molar-refractivity contribution in [3.63, 3.8) is 0 Å². The average Bonchev–Trinajstić information content (AvgIpc) is 3.14. The molecule has 0 spiro atoms.